The van der Waals surface area contributed by atoms with Crippen molar-refractivity contribution >= 4 is 0 Å². The molecule has 0 spiro atoms. The Kier molecular flexibility index (Phi) is 6.81. The molecule has 1 nitrogen and oxygen atoms in total. The van der Waals surface area contributed by atoms with Crippen molar-refractivity contribution in [2.45, 2.75) is 45.1 Å². The van der Waals surface area contributed by atoms with Crippen molar-refractivity contribution in [3.05, 3.63) is 96.6 Å². The van der Waals surface area contributed by atoms with Gasteiger partial charge in [0.25, 0.3) is 0 Å². The number of ether oxygens (including phenoxy) is 1. The Balaban J connectivity index is 1.42. The van der Waals surface area contributed by atoms with Crippen LogP contribution in [-0.4, -0.2) is 6.61 Å². The Labute approximate surface area is 181 Å². The molecule has 0 atom stereocenters. The molecule has 3 aromatic carbocycles. The molecule has 1 saturated carbocycles. The minimum absolute atomic E-state index is 0.682. The molecule has 30 heavy (non-hydrogen) atoms. The van der Waals surface area contributed by atoms with E-state index in [1.807, 2.05) is 6.92 Å². The van der Waals surface area contributed by atoms with Gasteiger partial charge in [-0.25, -0.2) is 0 Å². The summed E-state index contributed by atoms with van der Waals surface area (Å²) < 4.78 is 5.48. The predicted molar refractivity (Wildman–Crippen MR) is 128 cm³/mol. The zero-order valence-electron chi connectivity index (χ0n) is 18.0. The third-order valence-corrected chi connectivity index (χ3v) is 6.47. The number of allylic oxidation sites excluding steroid dienone is 1. The van der Waals surface area contributed by atoms with Gasteiger partial charge in [-0.2, -0.15) is 0 Å². The molecule has 4 rings (SSSR count). The quantitative estimate of drug-likeness (QED) is 0.367. The van der Waals surface area contributed by atoms with Crippen LogP contribution in [0.25, 0.3) is 22.3 Å². The van der Waals surface area contributed by atoms with E-state index in [2.05, 4.69) is 85.5 Å². The molecule has 0 N–H and O–H groups in total. The van der Waals surface area contributed by atoms with Crippen LogP contribution in [0.4, 0.5) is 0 Å². The first-order chi connectivity index (χ1) is 14.8. The van der Waals surface area contributed by atoms with Gasteiger partial charge in [-0.3, -0.25) is 0 Å². The fraction of sp³-hybridized carbons (Fsp3) is 0.310. The predicted octanol–water partition coefficient (Wildman–Crippen LogP) is 8.02. The summed E-state index contributed by atoms with van der Waals surface area (Å²) in [6, 6.07) is 26.8. The lowest BCUT2D eigenvalue weighted by Gasteiger charge is -2.27. The Hall–Kier alpha value is -2.64. The zero-order chi connectivity index (χ0) is 20.8. The summed E-state index contributed by atoms with van der Waals surface area (Å²) >= 11 is 0. The van der Waals surface area contributed by atoms with Crippen LogP contribution in [0.3, 0.4) is 0 Å². The van der Waals surface area contributed by atoms with Crippen molar-refractivity contribution in [3.8, 4) is 22.3 Å². The van der Waals surface area contributed by atoms with Gasteiger partial charge in [0.15, 0.2) is 0 Å². The molecule has 0 aromatic heterocycles. The molecule has 154 valence electrons. The van der Waals surface area contributed by atoms with Crippen LogP contribution in [0.2, 0.25) is 0 Å². The Morgan fingerprint density at radius 1 is 0.733 bits per heavy atom. The maximum absolute atomic E-state index is 5.48. The van der Waals surface area contributed by atoms with Gasteiger partial charge in [0.05, 0.1) is 6.61 Å². The molecule has 0 heterocycles. The largest absolute Gasteiger partial charge is 0.377 e. The Morgan fingerprint density at radius 2 is 1.20 bits per heavy atom. The highest BCUT2D eigenvalue weighted by Gasteiger charge is 2.20. The molecular weight excluding hydrogens is 364 g/mol. The Morgan fingerprint density at radius 3 is 1.67 bits per heavy atom. The molecule has 0 bridgehead atoms. The lowest BCUT2D eigenvalue weighted by molar-refractivity contribution is 0.134. The van der Waals surface area contributed by atoms with Gasteiger partial charge in [0.1, 0.15) is 0 Å². The Bertz CT molecular complexity index is 927. The van der Waals surface area contributed by atoms with Gasteiger partial charge in [-0.05, 0) is 77.8 Å². The molecule has 0 unspecified atom stereocenters. The first-order valence-electron chi connectivity index (χ1n) is 11.3. The fourth-order valence-electron chi connectivity index (χ4n) is 4.50. The number of benzene rings is 3. The van der Waals surface area contributed by atoms with Crippen molar-refractivity contribution in [2.24, 2.45) is 5.92 Å². The molecule has 1 aliphatic carbocycles. The average Bonchev–Trinajstić information content (AvgIpc) is 2.83. The minimum Gasteiger partial charge on any atom is -0.377 e. The second kappa shape index (κ2) is 9.91. The lowest BCUT2D eigenvalue weighted by Crippen LogP contribution is -2.11. The van der Waals surface area contributed by atoms with E-state index in [0.29, 0.717) is 12.5 Å². The molecule has 1 aliphatic rings. The van der Waals surface area contributed by atoms with Crippen LogP contribution in [0, 0.1) is 5.92 Å². The van der Waals surface area contributed by atoms with Crippen LogP contribution < -0.4 is 0 Å². The van der Waals surface area contributed by atoms with Crippen LogP contribution in [0.5, 0.6) is 0 Å². The molecule has 0 radical (unpaired) electrons. The molecular formula is C29H32O. The van der Waals surface area contributed by atoms with E-state index in [0.717, 1.165) is 12.5 Å². The van der Waals surface area contributed by atoms with Crippen molar-refractivity contribution in [1.29, 1.82) is 0 Å². The van der Waals surface area contributed by atoms with Gasteiger partial charge >= 0.3 is 0 Å². The second-order valence-corrected chi connectivity index (χ2v) is 8.38. The molecule has 0 saturated heterocycles. The molecule has 1 fully saturated rings. The van der Waals surface area contributed by atoms with Crippen LogP contribution >= 0.6 is 0 Å². The summed E-state index contributed by atoms with van der Waals surface area (Å²) in [7, 11) is 0. The second-order valence-electron chi connectivity index (χ2n) is 8.38. The summed E-state index contributed by atoms with van der Waals surface area (Å²) in [6.45, 7) is 7.42. The normalized spacial score (nSPS) is 18.8. The summed E-state index contributed by atoms with van der Waals surface area (Å²) in [5, 5.41) is 0. The van der Waals surface area contributed by atoms with Gasteiger partial charge < -0.3 is 4.74 Å². The monoisotopic (exact) mass is 396 g/mol. The first kappa shape index (κ1) is 20.6. The summed E-state index contributed by atoms with van der Waals surface area (Å²) in [6.07, 6.45) is 7.27. The maximum atomic E-state index is 5.48. The van der Waals surface area contributed by atoms with E-state index in [-0.39, 0.29) is 0 Å². The van der Waals surface area contributed by atoms with E-state index in [1.54, 1.807) is 0 Å². The van der Waals surface area contributed by atoms with Crippen LogP contribution in [-0.2, 0) is 11.3 Å². The number of hydrogen-bond donors (Lipinski definition) is 0. The van der Waals surface area contributed by atoms with E-state index in [9.17, 15) is 0 Å². The summed E-state index contributed by atoms with van der Waals surface area (Å²) in [4.78, 5) is 0. The molecule has 1 heteroatoms. The lowest BCUT2D eigenvalue weighted by atomic mass is 9.78. The molecule has 3 aromatic rings. The van der Waals surface area contributed by atoms with Gasteiger partial charge in [0, 0.05) is 6.61 Å². The van der Waals surface area contributed by atoms with Gasteiger partial charge in [0.2, 0.25) is 0 Å². The van der Waals surface area contributed by atoms with Crippen LogP contribution in [0.1, 0.15) is 49.7 Å². The molecule has 0 aliphatic heterocycles. The fourth-order valence-corrected chi connectivity index (χ4v) is 4.50. The topological polar surface area (TPSA) is 9.23 Å². The van der Waals surface area contributed by atoms with Gasteiger partial charge in [-0.15, -0.1) is 6.58 Å². The third kappa shape index (κ3) is 4.91. The van der Waals surface area contributed by atoms with E-state index < -0.39 is 0 Å². The smallest absolute Gasteiger partial charge is 0.0716 e. The maximum Gasteiger partial charge on any atom is 0.0716 e. The highest BCUT2D eigenvalue weighted by atomic mass is 16.5. The van der Waals surface area contributed by atoms with E-state index in [1.165, 1.54) is 59.1 Å². The standard InChI is InChI=1S/C29H32O/c1-3-22-5-9-24(10-6-22)26-13-17-28(18-14-26)29-19-15-27(16-20-29)25-11-7-23(8-12-25)21-30-4-2/h3,7-8,11-20,22,24H,1,4-6,9-10,21H2,2H3/t22-,24-. The van der Waals surface area contributed by atoms with Crippen molar-refractivity contribution in [3.63, 3.8) is 0 Å². The average molecular weight is 397 g/mol. The minimum atomic E-state index is 0.682. The zero-order valence-corrected chi connectivity index (χ0v) is 18.0. The number of hydrogen-bond acceptors (Lipinski definition) is 1. The SMILES string of the molecule is C=C[C@H]1CC[C@H](c2ccc(-c3ccc(-c4ccc(COCC)cc4)cc3)cc2)CC1. The van der Waals surface area contributed by atoms with Crippen LogP contribution in [0.15, 0.2) is 85.5 Å². The number of rotatable bonds is 7. The molecule has 0 amide bonds. The highest BCUT2D eigenvalue weighted by molar-refractivity contribution is 5.70. The highest BCUT2D eigenvalue weighted by Crippen LogP contribution is 2.36. The first-order valence-corrected chi connectivity index (χ1v) is 11.3. The van der Waals surface area contributed by atoms with E-state index in [4.69, 9.17) is 4.74 Å². The summed E-state index contributed by atoms with van der Waals surface area (Å²) in [5.74, 6) is 1.43. The van der Waals surface area contributed by atoms with Crippen molar-refractivity contribution < 1.29 is 4.74 Å². The van der Waals surface area contributed by atoms with Gasteiger partial charge in [-0.1, -0.05) is 78.9 Å². The van der Waals surface area contributed by atoms with Crippen molar-refractivity contribution in [1.82, 2.24) is 0 Å². The summed E-state index contributed by atoms with van der Waals surface area (Å²) in [5.41, 5.74) is 7.76. The third-order valence-electron chi connectivity index (χ3n) is 6.47. The van der Waals surface area contributed by atoms with Crippen molar-refractivity contribution in [2.75, 3.05) is 6.61 Å². The van der Waals surface area contributed by atoms with E-state index >= 15 is 0 Å².